The van der Waals surface area contributed by atoms with E-state index in [0.29, 0.717) is 23.2 Å². The van der Waals surface area contributed by atoms with Crippen molar-refractivity contribution in [1.29, 1.82) is 0 Å². The molecule has 2 N–H and O–H groups in total. The zero-order chi connectivity index (χ0) is 14.9. The van der Waals surface area contributed by atoms with E-state index in [-0.39, 0.29) is 5.69 Å². The summed E-state index contributed by atoms with van der Waals surface area (Å²) in [7, 11) is 0. The lowest BCUT2D eigenvalue weighted by molar-refractivity contribution is -0.143. The van der Waals surface area contributed by atoms with E-state index in [0.717, 1.165) is 5.75 Å². The summed E-state index contributed by atoms with van der Waals surface area (Å²) in [4.78, 5) is 32.1. The number of carbonyl (C=O) groups is 2. The molecule has 2 heterocycles. The van der Waals surface area contributed by atoms with E-state index in [1.807, 2.05) is 12.1 Å². The molecule has 1 unspecified atom stereocenters. The lowest BCUT2D eigenvalue weighted by Gasteiger charge is -2.24. The number of fused-ring (bicyclic) bond motifs is 1. The number of amides is 1. The Labute approximate surface area is 125 Å². The average Bonchev–Trinajstić information content (AvgIpc) is 2.96. The Balaban J connectivity index is 1.88. The number of nitrogens with zero attached hydrogens (tertiary/aromatic N) is 2. The Morgan fingerprint density at radius 2 is 2.05 bits per heavy atom. The van der Waals surface area contributed by atoms with Crippen molar-refractivity contribution in [1.82, 2.24) is 15.3 Å². The average molecular weight is 303 g/mol. The van der Waals surface area contributed by atoms with Crippen LogP contribution in [0.5, 0.6) is 0 Å². The van der Waals surface area contributed by atoms with Gasteiger partial charge < -0.3 is 10.4 Å². The number of carboxylic acid groups (broad SMARTS) is 1. The number of carboxylic acids is 1. The summed E-state index contributed by atoms with van der Waals surface area (Å²) in [6.45, 7) is 0. The Hall–Kier alpha value is -2.15. The summed E-state index contributed by atoms with van der Waals surface area (Å²) < 4.78 is 0. The fraction of sp³-hybridized carbons (Fsp3) is 0.286. The predicted molar refractivity (Wildman–Crippen MR) is 79.3 cm³/mol. The predicted octanol–water partition coefficient (Wildman–Crippen LogP) is 1.32. The molecule has 1 fully saturated rings. The van der Waals surface area contributed by atoms with Gasteiger partial charge in [-0.05, 0) is 24.3 Å². The number of para-hydroxylation sites is 2. The summed E-state index contributed by atoms with van der Waals surface area (Å²) >= 11 is 1.52. The molecule has 1 aromatic carbocycles. The standard InChI is InChI=1S/C14H13N3O3S/c18-12(17-14(13(19)20)5-6-21-8-14)11-7-15-9-3-1-2-4-10(9)16-11/h1-4,7H,5-6,8H2,(H,17,18)(H,19,20). The van der Waals surface area contributed by atoms with Crippen molar-refractivity contribution >= 4 is 34.7 Å². The van der Waals surface area contributed by atoms with E-state index < -0.39 is 17.4 Å². The molecule has 1 amide bonds. The molecule has 0 aliphatic carbocycles. The van der Waals surface area contributed by atoms with E-state index >= 15 is 0 Å². The van der Waals surface area contributed by atoms with Crippen LogP contribution in [0.15, 0.2) is 30.5 Å². The highest BCUT2D eigenvalue weighted by Gasteiger charge is 2.43. The molecule has 1 aliphatic heterocycles. The molecule has 1 aromatic heterocycles. The number of aliphatic carboxylic acids is 1. The molecule has 1 atom stereocenters. The molecule has 21 heavy (non-hydrogen) atoms. The van der Waals surface area contributed by atoms with E-state index in [9.17, 15) is 14.7 Å². The fourth-order valence-electron chi connectivity index (χ4n) is 2.23. The van der Waals surface area contributed by atoms with Crippen LogP contribution in [0.25, 0.3) is 11.0 Å². The number of aromatic nitrogens is 2. The van der Waals surface area contributed by atoms with Crippen LogP contribution in [0.3, 0.4) is 0 Å². The normalized spacial score (nSPS) is 21.3. The van der Waals surface area contributed by atoms with E-state index in [4.69, 9.17) is 0 Å². The Morgan fingerprint density at radius 1 is 1.29 bits per heavy atom. The zero-order valence-electron chi connectivity index (χ0n) is 11.1. The zero-order valence-corrected chi connectivity index (χ0v) is 11.9. The second-order valence-corrected chi connectivity index (χ2v) is 5.99. The third-order valence-corrected chi connectivity index (χ3v) is 4.65. The van der Waals surface area contributed by atoms with Crippen LogP contribution in [0.1, 0.15) is 16.9 Å². The number of benzene rings is 1. The van der Waals surface area contributed by atoms with Gasteiger partial charge in [0.1, 0.15) is 11.2 Å². The molecule has 3 rings (SSSR count). The molecule has 1 saturated heterocycles. The van der Waals surface area contributed by atoms with Crippen LogP contribution >= 0.6 is 11.8 Å². The van der Waals surface area contributed by atoms with Crippen LogP contribution in [-0.4, -0.2) is 44.0 Å². The number of rotatable bonds is 3. The molecule has 0 bridgehead atoms. The maximum atomic E-state index is 12.3. The van der Waals surface area contributed by atoms with Gasteiger partial charge in [0, 0.05) is 5.75 Å². The third kappa shape index (κ3) is 2.56. The van der Waals surface area contributed by atoms with Crippen molar-refractivity contribution in [2.24, 2.45) is 0 Å². The van der Waals surface area contributed by atoms with Crippen molar-refractivity contribution in [2.45, 2.75) is 12.0 Å². The van der Waals surface area contributed by atoms with Gasteiger partial charge in [0.15, 0.2) is 0 Å². The summed E-state index contributed by atoms with van der Waals surface area (Å²) in [5.41, 5.74) is 0.231. The number of thioether (sulfide) groups is 1. The lowest BCUT2D eigenvalue weighted by atomic mass is 9.99. The highest BCUT2D eigenvalue weighted by molar-refractivity contribution is 7.99. The van der Waals surface area contributed by atoms with Gasteiger partial charge in [-0.3, -0.25) is 9.78 Å². The maximum absolute atomic E-state index is 12.3. The van der Waals surface area contributed by atoms with Gasteiger partial charge in [0.2, 0.25) is 0 Å². The molecule has 2 aromatic rings. The number of carbonyl (C=O) groups excluding carboxylic acids is 1. The number of nitrogens with one attached hydrogen (secondary N) is 1. The van der Waals surface area contributed by atoms with E-state index in [1.54, 1.807) is 12.1 Å². The topological polar surface area (TPSA) is 92.2 Å². The number of hydrogen-bond acceptors (Lipinski definition) is 5. The SMILES string of the molecule is O=C(NC1(C(=O)O)CCSC1)c1cnc2ccccc2n1. The minimum Gasteiger partial charge on any atom is -0.479 e. The van der Waals surface area contributed by atoms with Gasteiger partial charge in [-0.25, -0.2) is 9.78 Å². The first-order chi connectivity index (χ1) is 10.1. The molecule has 0 saturated carbocycles. The summed E-state index contributed by atoms with van der Waals surface area (Å²) in [6.07, 6.45) is 1.79. The van der Waals surface area contributed by atoms with Gasteiger partial charge in [0.05, 0.1) is 17.2 Å². The Kier molecular flexibility index (Phi) is 3.50. The van der Waals surface area contributed by atoms with Gasteiger partial charge in [-0.1, -0.05) is 12.1 Å². The first kappa shape index (κ1) is 13.8. The van der Waals surface area contributed by atoms with Crippen LogP contribution in [-0.2, 0) is 4.79 Å². The minimum atomic E-state index is -1.20. The maximum Gasteiger partial charge on any atom is 0.330 e. The molecular weight excluding hydrogens is 290 g/mol. The van der Waals surface area contributed by atoms with Crippen molar-refractivity contribution in [2.75, 3.05) is 11.5 Å². The highest BCUT2D eigenvalue weighted by atomic mass is 32.2. The van der Waals surface area contributed by atoms with Crippen LogP contribution < -0.4 is 5.32 Å². The third-order valence-electron chi connectivity index (χ3n) is 3.47. The van der Waals surface area contributed by atoms with Crippen molar-refractivity contribution < 1.29 is 14.7 Å². The van der Waals surface area contributed by atoms with E-state index in [2.05, 4.69) is 15.3 Å². The fourth-order valence-corrected chi connectivity index (χ4v) is 3.56. The van der Waals surface area contributed by atoms with Crippen molar-refractivity contribution in [3.8, 4) is 0 Å². The summed E-state index contributed by atoms with van der Waals surface area (Å²) in [5.74, 6) is -0.418. The van der Waals surface area contributed by atoms with Gasteiger partial charge in [0.25, 0.3) is 5.91 Å². The number of hydrogen-bond donors (Lipinski definition) is 2. The van der Waals surface area contributed by atoms with Gasteiger partial charge in [-0.2, -0.15) is 11.8 Å². The smallest absolute Gasteiger partial charge is 0.330 e. The monoisotopic (exact) mass is 303 g/mol. The molecule has 0 radical (unpaired) electrons. The second kappa shape index (κ2) is 5.33. The highest BCUT2D eigenvalue weighted by Crippen LogP contribution is 2.28. The van der Waals surface area contributed by atoms with Gasteiger partial charge >= 0.3 is 5.97 Å². The Bertz CT molecular complexity index is 713. The van der Waals surface area contributed by atoms with Crippen LogP contribution in [0.4, 0.5) is 0 Å². The first-order valence-electron chi connectivity index (χ1n) is 6.46. The molecule has 0 spiro atoms. The van der Waals surface area contributed by atoms with Gasteiger partial charge in [-0.15, -0.1) is 0 Å². The largest absolute Gasteiger partial charge is 0.479 e. The molecule has 1 aliphatic rings. The summed E-state index contributed by atoms with van der Waals surface area (Å²) in [6, 6.07) is 7.21. The minimum absolute atomic E-state index is 0.131. The summed E-state index contributed by atoms with van der Waals surface area (Å²) in [5, 5.41) is 12.0. The molecular formula is C14H13N3O3S. The van der Waals surface area contributed by atoms with E-state index in [1.165, 1.54) is 18.0 Å². The lowest BCUT2D eigenvalue weighted by Crippen LogP contribution is -2.54. The Morgan fingerprint density at radius 3 is 2.71 bits per heavy atom. The molecule has 108 valence electrons. The van der Waals surface area contributed by atoms with Crippen molar-refractivity contribution in [3.63, 3.8) is 0 Å². The first-order valence-corrected chi connectivity index (χ1v) is 7.62. The van der Waals surface area contributed by atoms with Crippen LogP contribution in [0, 0.1) is 0 Å². The van der Waals surface area contributed by atoms with Crippen LogP contribution in [0.2, 0.25) is 0 Å². The quantitative estimate of drug-likeness (QED) is 0.888. The molecule has 6 nitrogen and oxygen atoms in total. The molecule has 7 heteroatoms. The second-order valence-electron chi connectivity index (χ2n) is 4.89. The van der Waals surface area contributed by atoms with Crippen molar-refractivity contribution in [3.05, 3.63) is 36.2 Å².